The smallest absolute Gasteiger partial charge is 0.353 e. The molecular formula is C19H16N6O3. The Hall–Kier alpha value is -4.01. The number of nitrogens with zero attached hydrogens (tertiary/aromatic N) is 4. The third kappa shape index (κ3) is 3.45. The van der Waals surface area contributed by atoms with E-state index >= 15 is 0 Å². The molecule has 2 N–H and O–H groups in total. The van der Waals surface area contributed by atoms with Crippen LogP contribution in [0.25, 0.3) is 10.9 Å². The van der Waals surface area contributed by atoms with Crippen LogP contribution in [0.1, 0.15) is 11.5 Å². The summed E-state index contributed by atoms with van der Waals surface area (Å²) in [6, 6.07) is 12.9. The Labute approximate surface area is 159 Å². The van der Waals surface area contributed by atoms with E-state index in [-0.39, 0.29) is 23.9 Å². The van der Waals surface area contributed by atoms with Gasteiger partial charge in [0.2, 0.25) is 11.6 Å². The molecule has 9 nitrogen and oxygen atoms in total. The number of furan rings is 1. The van der Waals surface area contributed by atoms with E-state index in [1.54, 1.807) is 12.1 Å². The van der Waals surface area contributed by atoms with Crippen molar-refractivity contribution < 1.29 is 9.34 Å². The summed E-state index contributed by atoms with van der Waals surface area (Å²) < 4.78 is 5.24. The van der Waals surface area contributed by atoms with Gasteiger partial charge >= 0.3 is 5.69 Å². The first-order chi connectivity index (χ1) is 13.6. The number of aromatic nitrogens is 3. The molecule has 0 spiro atoms. The molecule has 0 aliphatic heterocycles. The molecule has 0 atom stereocenters. The second-order valence-electron chi connectivity index (χ2n) is 6.06. The van der Waals surface area contributed by atoms with Gasteiger partial charge in [0, 0.05) is 16.8 Å². The molecule has 0 aliphatic rings. The van der Waals surface area contributed by atoms with Gasteiger partial charge in [-0.1, -0.05) is 6.07 Å². The Morgan fingerprint density at radius 1 is 1.11 bits per heavy atom. The molecule has 1 aromatic carbocycles. The fraction of sp³-hybridized carbons (Fsp3) is 0.105. The van der Waals surface area contributed by atoms with Crippen LogP contribution >= 0.6 is 0 Å². The highest BCUT2D eigenvalue weighted by atomic mass is 16.6. The van der Waals surface area contributed by atoms with E-state index in [4.69, 9.17) is 4.42 Å². The number of fused-ring (bicyclic) bond motifs is 1. The van der Waals surface area contributed by atoms with E-state index in [0.29, 0.717) is 11.4 Å². The van der Waals surface area contributed by atoms with Crippen molar-refractivity contribution in [3.63, 3.8) is 0 Å². The zero-order chi connectivity index (χ0) is 19.5. The summed E-state index contributed by atoms with van der Waals surface area (Å²) in [5, 5.41) is 18.5. The van der Waals surface area contributed by atoms with Gasteiger partial charge in [-0.25, -0.2) is 9.97 Å². The van der Waals surface area contributed by atoms with Gasteiger partial charge in [-0.05, 0) is 43.3 Å². The highest BCUT2D eigenvalue weighted by Crippen LogP contribution is 2.33. The molecule has 0 saturated carbocycles. The summed E-state index contributed by atoms with van der Waals surface area (Å²) in [7, 11) is 0. The Balaban J connectivity index is 1.70. The standard InChI is InChI=1S/C19H16N6O3/c1-12-7-8-14-15(23-12)5-2-6-16(14)24-19-17(25(26)27)18(21-11-22-19)20-10-13-4-3-9-28-13/h2-9,11H,10H2,1H3,(H2,20,21,22,24). The molecule has 140 valence electrons. The zero-order valence-electron chi connectivity index (χ0n) is 14.9. The largest absolute Gasteiger partial charge is 0.467 e. The number of hydrogen-bond donors (Lipinski definition) is 2. The Morgan fingerprint density at radius 2 is 1.96 bits per heavy atom. The molecule has 9 heteroatoms. The van der Waals surface area contributed by atoms with Crippen LogP contribution in [-0.4, -0.2) is 19.9 Å². The summed E-state index contributed by atoms with van der Waals surface area (Å²) in [6.07, 6.45) is 2.81. The van der Waals surface area contributed by atoms with Crippen molar-refractivity contribution in [3.05, 3.63) is 76.6 Å². The topological polar surface area (TPSA) is 119 Å². The van der Waals surface area contributed by atoms with Gasteiger partial charge in [-0.15, -0.1) is 0 Å². The second-order valence-corrected chi connectivity index (χ2v) is 6.06. The van der Waals surface area contributed by atoms with Crippen LogP contribution in [0.5, 0.6) is 0 Å². The molecule has 0 fully saturated rings. The third-order valence-electron chi connectivity index (χ3n) is 4.14. The normalized spacial score (nSPS) is 10.8. The summed E-state index contributed by atoms with van der Waals surface area (Å²) >= 11 is 0. The number of nitro groups is 1. The number of pyridine rings is 1. The average molecular weight is 376 g/mol. The van der Waals surface area contributed by atoms with Crippen LogP contribution in [0, 0.1) is 17.0 Å². The molecule has 3 heterocycles. The van der Waals surface area contributed by atoms with Crippen LogP contribution in [0.3, 0.4) is 0 Å². The van der Waals surface area contributed by atoms with Crippen LogP contribution in [0.2, 0.25) is 0 Å². The van der Waals surface area contributed by atoms with Crippen molar-refractivity contribution in [3.8, 4) is 0 Å². The van der Waals surface area contributed by atoms with E-state index in [0.717, 1.165) is 16.6 Å². The maximum atomic E-state index is 11.7. The fourth-order valence-electron chi connectivity index (χ4n) is 2.85. The highest BCUT2D eigenvalue weighted by Gasteiger charge is 2.23. The maximum absolute atomic E-state index is 11.7. The predicted octanol–water partition coefficient (Wildman–Crippen LogP) is 4.19. The van der Waals surface area contributed by atoms with Gasteiger partial charge in [0.05, 0.1) is 23.2 Å². The first-order valence-corrected chi connectivity index (χ1v) is 8.51. The van der Waals surface area contributed by atoms with Gasteiger partial charge in [0.1, 0.15) is 12.1 Å². The van der Waals surface area contributed by atoms with E-state index in [1.165, 1.54) is 12.6 Å². The minimum atomic E-state index is -0.514. The van der Waals surface area contributed by atoms with Crippen molar-refractivity contribution >= 4 is 33.9 Å². The van der Waals surface area contributed by atoms with Gasteiger partial charge in [0.15, 0.2) is 0 Å². The van der Waals surface area contributed by atoms with Crippen molar-refractivity contribution in [2.24, 2.45) is 0 Å². The van der Waals surface area contributed by atoms with Crippen LogP contribution in [0.15, 0.2) is 59.5 Å². The van der Waals surface area contributed by atoms with E-state index in [2.05, 4.69) is 25.6 Å². The predicted molar refractivity (Wildman–Crippen MR) is 104 cm³/mol. The van der Waals surface area contributed by atoms with Crippen LogP contribution in [-0.2, 0) is 6.54 Å². The lowest BCUT2D eigenvalue weighted by Gasteiger charge is -2.11. The van der Waals surface area contributed by atoms with Crippen LogP contribution in [0.4, 0.5) is 23.0 Å². The summed E-state index contributed by atoms with van der Waals surface area (Å²) in [5.74, 6) is 0.834. The van der Waals surface area contributed by atoms with Crippen molar-refractivity contribution in [2.45, 2.75) is 13.5 Å². The quantitative estimate of drug-likeness (QED) is 0.380. The monoisotopic (exact) mass is 376 g/mol. The zero-order valence-corrected chi connectivity index (χ0v) is 14.9. The highest BCUT2D eigenvalue weighted by molar-refractivity contribution is 5.94. The number of hydrogen-bond acceptors (Lipinski definition) is 8. The summed E-state index contributed by atoms with van der Waals surface area (Å²) in [6.45, 7) is 2.17. The molecule has 0 saturated heterocycles. The molecule has 4 aromatic rings. The van der Waals surface area contributed by atoms with Crippen molar-refractivity contribution in [2.75, 3.05) is 10.6 Å². The van der Waals surface area contributed by atoms with Gasteiger partial charge in [-0.3, -0.25) is 15.1 Å². The number of benzene rings is 1. The number of anilines is 3. The average Bonchev–Trinajstić information content (AvgIpc) is 3.20. The SMILES string of the molecule is Cc1ccc2c(Nc3ncnc(NCc4ccco4)c3[N+](=O)[O-])cccc2n1. The van der Waals surface area contributed by atoms with E-state index in [1.807, 2.05) is 37.3 Å². The first kappa shape index (κ1) is 17.4. The lowest BCUT2D eigenvalue weighted by atomic mass is 10.1. The Morgan fingerprint density at radius 3 is 2.75 bits per heavy atom. The number of aryl methyl sites for hydroxylation is 1. The minimum Gasteiger partial charge on any atom is -0.467 e. The molecule has 4 rings (SSSR count). The molecule has 3 aromatic heterocycles. The molecular weight excluding hydrogens is 360 g/mol. The molecule has 0 bridgehead atoms. The first-order valence-electron chi connectivity index (χ1n) is 8.51. The van der Waals surface area contributed by atoms with Gasteiger partial charge < -0.3 is 15.1 Å². The number of rotatable bonds is 6. The minimum absolute atomic E-state index is 0.0926. The number of nitrogens with one attached hydrogen (secondary N) is 2. The molecule has 28 heavy (non-hydrogen) atoms. The Bertz CT molecular complexity index is 1140. The second kappa shape index (κ2) is 7.31. The third-order valence-corrected chi connectivity index (χ3v) is 4.14. The lowest BCUT2D eigenvalue weighted by Crippen LogP contribution is -2.08. The molecule has 0 amide bonds. The van der Waals surface area contributed by atoms with E-state index < -0.39 is 4.92 Å². The van der Waals surface area contributed by atoms with Gasteiger partial charge in [0.25, 0.3) is 0 Å². The van der Waals surface area contributed by atoms with Crippen LogP contribution < -0.4 is 10.6 Å². The lowest BCUT2D eigenvalue weighted by molar-refractivity contribution is -0.383. The van der Waals surface area contributed by atoms with Gasteiger partial charge in [-0.2, -0.15) is 0 Å². The molecule has 0 radical (unpaired) electrons. The Kier molecular flexibility index (Phi) is 4.55. The summed E-state index contributed by atoms with van der Waals surface area (Å²) in [5.41, 5.74) is 2.11. The molecule has 0 unspecified atom stereocenters. The van der Waals surface area contributed by atoms with Crippen molar-refractivity contribution in [1.82, 2.24) is 15.0 Å². The fourth-order valence-corrected chi connectivity index (χ4v) is 2.85. The maximum Gasteiger partial charge on any atom is 0.353 e. The molecule has 0 aliphatic carbocycles. The van der Waals surface area contributed by atoms with E-state index in [9.17, 15) is 10.1 Å². The van der Waals surface area contributed by atoms with Crippen molar-refractivity contribution in [1.29, 1.82) is 0 Å². The summed E-state index contributed by atoms with van der Waals surface area (Å²) in [4.78, 5) is 23.8.